The summed E-state index contributed by atoms with van der Waals surface area (Å²) < 4.78 is 26.8. The zero-order valence-electron chi connectivity index (χ0n) is 10.5. The van der Waals surface area contributed by atoms with Gasteiger partial charge in [0.15, 0.2) is 0 Å². The summed E-state index contributed by atoms with van der Waals surface area (Å²) >= 11 is 3.33. The van der Waals surface area contributed by atoms with Gasteiger partial charge in [-0.3, -0.25) is 0 Å². The monoisotopic (exact) mass is 325 g/mol. The van der Waals surface area contributed by atoms with Gasteiger partial charge in [0.05, 0.1) is 0 Å². The van der Waals surface area contributed by atoms with Gasteiger partial charge in [-0.05, 0) is 42.3 Å². The SMILES string of the molecule is C[C@@H](NCc1ccc(F)cc1Br)c1cccc(F)c1. The van der Waals surface area contributed by atoms with Crippen molar-refractivity contribution in [1.82, 2.24) is 5.32 Å². The molecule has 0 bridgehead atoms. The number of nitrogens with one attached hydrogen (secondary N) is 1. The van der Waals surface area contributed by atoms with Gasteiger partial charge < -0.3 is 5.32 Å². The van der Waals surface area contributed by atoms with Crippen LogP contribution in [-0.4, -0.2) is 0 Å². The van der Waals surface area contributed by atoms with E-state index in [1.807, 2.05) is 13.0 Å². The first-order valence-electron chi connectivity index (χ1n) is 5.99. The van der Waals surface area contributed by atoms with Gasteiger partial charge in [-0.25, -0.2) is 8.78 Å². The molecule has 2 aromatic rings. The lowest BCUT2D eigenvalue weighted by molar-refractivity contribution is 0.562. The van der Waals surface area contributed by atoms with E-state index in [4.69, 9.17) is 0 Å². The fourth-order valence-corrected chi connectivity index (χ4v) is 2.31. The summed E-state index contributed by atoms with van der Waals surface area (Å²) in [6.07, 6.45) is 0. The molecule has 4 heteroatoms. The third-order valence-electron chi connectivity index (χ3n) is 2.96. The molecule has 0 saturated heterocycles. The molecule has 19 heavy (non-hydrogen) atoms. The molecule has 0 aliphatic carbocycles. The van der Waals surface area contributed by atoms with Crippen molar-refractivity contribution in [3.05, 3.63) is 69.7 Å². The third-order valence-corrected chi connectivity index (χ3v) is 3.70. The Balaban J connectivity index is 2.02. The summed E-state index contributed by atoms with van der Waals surface area (Å²) in [5, 5.41) is 3.28. The second-order valence-electron chi connectivity index (χ2n) is 4.39. The highest BCUT2D eigenvalue weighted by Gasteiger charge is 2.07. The Hall–Kier alpha value is -1.26. The fraction of sp³-hybridized carbons (Fsp3) is 0.200. The first-order valence-corrected chi connectivity index (χ1v) is 6.78. The number of hydrogen-bond donors (Lipinski definition) is 1. The number of halogens is 3. The van der Waals surface area contributed by atoms with E-state index in [-0.39, 0.29) is 17.7 Å². The van der Waals surface area contributed by atoms with Crippen LogP contribution in [0.1, 0.15) is 24.1 Å². The van der Waals surface area contributed by atoms with Gasteiger partial charge in [-0.15, -0.1) is 0 Å². The van der Waals surface area contributed by atoms with E-state index in [2.05, 4.69) is 21.2 Å². The maximum atomic E-state index is 13.1. The summed E-state index contributed by atoms with van der Waals surface area (Å²) in [6, 6.07) is 11.1. The van der Waals surface area contributed by atoms with Gasteiger partial charge in [-0.2, -0.15) is 0 Å². The van der Waals surface area contributed by atoms with Crippen molar-refractivity contribution in [3.63, 3.8) is 0 Å². The Morgan fingerprint density at radius 2 is 1.84 bits per heavy atom. The Morgan fingerprint density at radius 3 is 2.53 bits per heavy atom. The summed E-state index contributed by atoms with van der Waals surface area (Å²) in [4.78, 5) is 0. The lowest BCUT2D eigenvalue weighted by Crippen LogP contribution is -2.18. The molecule has 0 fully saturated rings. The molecule has 2 rings (SSSR count). The molecule has 1 N–H and O–H groups in total. The van der Waals surface area contributed by atoms with Crippen LogP contribution in [0.15, 0.2) is 46.9 Å². The van der Waals surface area contributed by atoms with E-state index in [1.165, 1.54) is 24.3 Å². The molecule has 0 radical (unpaired) electrons. The second kappa shape index (κ2) is 6.26. The molecule has 2 aromatic carbocycles. The standard InChI is InChI=1S/C15H14BrF2N/c1-10(11-3-2-4-13(17)7-11)19-9-12-5-6-14(18)8-15(12)16/h2-8,10,19H,9H2,1H3/t10-/m1/s1. The minimum absolute atomic E-state index is 0.0210. The topological polar surface area (TPSA) is 12.0 Å². The van der Waals surface area contributed by atoms with Crippen LogP contribution in [0.5, 0.6) is 0 Å². The minimum atomic E-state index is -0.270. The molecule has 0 aliphatic rings. The molecule has 0 aliphatic heterocycles. The van der Waals surface area contributed by atoms with Crippen LogP contribution in [0.4, 0.5) is 8.78 Å². The van der Waals surface area contributed by atoms with Crippen LogP contribution in [-0.2, 0) is 6.54 Å². The molecule has 0 amide bonds. The second-order valence-corrected chi connectivity index (χ2v) is 5.25. The Kier molecular flexibility index (Phi) is 4.66. The quantitative estimate of drug-likeness (QED) is 0.867. The van der Waals surface area contributed by atoms with Crippen LogP contribution < -0.4 is 5.32 Å². The van der Waals surface area contributed by atoms with Gasteiger partial charge >= 0.3 is 0 Å². The predicted molar refractivity (Wildman–Crippen MR) is 75.8 cm³/mol. The first kappa shape index (κ1) is 14.2. The molecule has 0 unspecified atom stereocenters. The van der Waals surface area contributed by atoms with Crippen molar-refractivity contribution in [2.24, 2.45) is 0 Å². The molecular weight excluding hydrogens is 312 g/mol. The lowest BCUT2D eigenvalue weighted by atomic mass is 10.1. The van der Waals surface area contributed by atoms with Crippen molar-refractivity contribution in [2.75, 3.05) is 0 Å². The maximum Gasteiger partial charge on any atom is 0.124 e. The average Bonchev–Trinajstić information content (AvgIpc) is 2.37. The van der Waals surface area contributed by atoms with E-state index in [1.54, 1.807) is 12.1 Å². The summed E-state index contributed by atoms with van der Waals surface area (Å²) in [5.41, 5.74) is 1.85. The highest BCUT2D eigenvalue weighted by atomic mass is 79.9. The van der Waals surface area contributed by atoms with E-state index in [0.29, 0.717) is 6.54 Å². The van der Waals surface area contributed by atoms with Crippen LogP contribution in [0.2, 0.25) is 0 Å². The Morgan fingerprint density at radius 1 is 1.11 bits per heavy atom. The van der Waals surface area contributed by atoms with Crippen molar-refractivity contribution < 1.29 is 8.78 Å². The zero-order valence-corrected chi connectivity index (χ0v) is 12.0. The summed E-state index contributed by atoms with van der Waals surface area (Å²) in [7, 11) is 0. The zero-order chi connectivity index (χ0) is 13.8. The van der Waals surface area contributed by atoms with Gasteiger partial charge in [0.25, 0.3) is 0 Å². The van der Waals surface area contributed by atoms with Crippen LogP contribution >= 0.6 is 15.9 Å². The van der Waals surface area contributed by atoms with Crippen LogP contribution in [0.3, 0.4) is 0 Å². The number of benzene rings is 2. The summed E-state index contributed by atoms with van der Waals surface area (Å²) in [5.74, 6) is -0.511. The molecule has 1 nitrogen and oxygen atoms in total. The largest absolute Gasteiger partial charge is 0.306 e. The Labute approximate surface area is 119 Å². The van der Waals surface area contributed by atoms with E-state index < -0.39 is 0 Å². The number of rotatable bonds is 4. The highest BCUT2D eigenvalue weighted by Crippen LogP contribution is 2.20. The maximum absolute atomic E-state index is 13.1. The molecule has 0 spiro atoms. The third kappa shape index (κ3) is 3.85. The highest BCUT2D eigenvalue weighted by molar-refractivity contribution is 9.10. The van der Waals surface area contributed by atoms with Crippen LogP contribution in [0, 0.1) is 11.6 Å². The van der Waals surface area contributed by atoms with Crippen LogP contribution in [0.25, 0.3) is 0 Å². The molecule has 1 atom stereocenters. The summed E-state index contributed by atoms with van der Waals surface area (Å²) in [6.45, 7) is 2.55. The van der Waals surface area contributed by atoms with Gasteiger partial charge in [0.1, 0.15) is 11.6 Å². The molecular formula is C15H14BrF2N. The van der Waals surface area contributed by atoms with E-state index in [9.17, 15) is 8.78 Å². The Bertz CT molecular complexity index is 572. The smallest absolute Gasteiger partial charge is 0.124 e. The number of hydrogen-bond acceptors (Lipinski definition) is 1. The predicted octanol–water partition coefficient (Wildman–Crippen LogP) is 4.58. The van der Waals surface area contributed by atoms with Gasteiger partial charge in [0.2, 0.25) is 0 Å². The first-order chi connectivity index (χ1) is 9.06. The van der Waals surface area contributed by atoms with E-state index >= 15 is 0 Å². The minimum Gasteiger partial charge on any atom is -0.306 e. The van der Waals surface area contributed by atoms with Gasteiger partial charge in [0, 0.05) is 17.1 Å². The lowest BCUT2D eigenvalue weighted by Gasteiger charge is -2.15. The van der Waals surface area contributed by atoms with Gasteiger partial charge in [-0.1, -0.05) is 34.1 Å². The molecule has 100 valence electrons. The molecule has 0 aromatic heterocycles. The normalized spacial score (nSPS) is 12.4. The fourth-order valence-electron chi connectivity index (χ4n) is 1.82. The van der Waals surface area contributed by atoms with Crippen molar-refractivity contribution >= 4 is 15.9 Å². The van der Waals surface area contributed by atoms with Crippen molar-refractivity contribution in [1.29, 1.82) is 0 Å². The van der Waals surface area contributed by atoms with Crippen molar-refractivity contribution in [3.8, 4) is 0 Å². The average molecular weight is 326 g/mol. The molecule has 0 heterocycles. The van der Waals surface area contributed by atoms with E-state index in [0.717, 1.165) is 15.6 Å². The molecule has 0 saturated carbocycles. The van der Waals surface area contributed by atoms with Crippen molar-refractivity contribution in [2.45, 2.75) is 19.5 Å².